The third-order valence-corrected chi connectivity index (χ3v) is 7.11. The lowest BCUT2D eigenvalue weighted by Crippen LogP contribution is -2.51. The second-order valence-corrected chi connectivity index (χ2v) is 10.1. The van der Waals surface area contributed by atoms with Gasteiger partial charge in [0.05, 0.1) is 5.75 Å². The van der Waals surface area contributed by atoms with Crippen LogP contribution in [0.2, 0.25) is 10.0 Å². The van der Waals surface area contributed by atoms with E-state index in [4.69, 9.17) is 23.2 Å². The van der Waals surface area contributed by atoms with Crippen molar-refractivity contribution in [2.24, 2.45) is 0 Å². The third-order valence-electron chi connectivity index (χ3n) is 5.53. The van der Waals surface area contributed by atoms with Crippen LogP contribution in [0.5, 0.6) is 0 Å². The Kier molecular flexibility index (Phi) is 11.0. The van der Waals surface area contributed by atoms with E-state index >= 15 is 0 Å². The molecule has 0 radical (unpaired) electrons. The first-order valence-corrected chi connectivity index (χ1v) is 13.6. The monoisotopic (exact) mass is 528 g/mol. The molecular formula is C28H30Cl2N2O2S. The molecule has 0 aliphatic carbocycles. The largest absolute Gasteiger partial charge is 0.354 e. The van der Waals surface area contributed by atoms with Gasteiger partial charge in [0.1, 0.15) is 6.04 Å². The molecule has 0 aromatic heterocycles. The summed E-state index contributed by atoms with van der Waals surface area (Å²) in [5, 5.41) is 4.31. The van der Waals surface area contributed by atoms with E-state index in [0.29, 0.717) is 35.3 Å². The fourth-order valence-electron chi connectivity index (χ4n) is 3.65. The Morgan fingerprint density at radius 1 is 0.914 bits per heavy atom. The van der Waals surface area contributed by atoms with Crippen LogP contribution in [-0.2, 0) is 28.3 Å². The van der Waals surface area contributed by atoms with Crippen molar-refractivity contribution in [3.63, 3.8) is 0 Å². The van der Waals surface area contributed by atoms with Gasteiger partial charge in [0.2, 0.25) is 11.8 Å². The van der Waals surface area contributed by atoms with E-state index < -0.39 is 6.04 Å². The maximum atomic E-state index is 13.6. The van der Waals surface area contributed by atoms with E-state index in [1.165, 1.54) is 11.8 Å². The molecule has 3 rings (SSSR count). The topological polar surface area (TPSA) is 49.4 Å². The van der Waals surface area contributed by atoms with Gasteiger partial charge in [-0.05, 0) is 41.3 Å². The van der Waals surface area contributed by atoms with Crippen LogP contribution in [0.25, 0.3) is 0 Å². The highest BCUT2D eigenvalue weighted by molar-refractivity contribution is 7.99. The maximum Gasteiger partial charge on any atom is 0.243 e. The Hall–Kier alpha value is -2.47. The van der Waals surface area contributed by atoms with Crippen molar-refractivity contribution in [3.8, 4) is 0 Å². The second kappa shape index (κ2) is 14.2. The number of hydrogen-bond donors (Lipinski definition) is 1. The number of carbonyl (C=O) groups is 2. The summed E-state index contributed by atoms with van der Waals surface area (Å²) < 4.78 is 0. The molecule has 0 aliphatic rings. The first kappa shape index (κ1) is 27.1. The van der Waals surface area contributed by atoms with E-state index in [-0.39, 0.29) is 17.6 Å². The number of thioether (sulfide) groups is 1. The molecule has 2 amide bonds. The summed E-state index contributed by atoms with van der Waals surface area (Å²) in [6.45, 7) is 2.89. The van der Waals surface area contributed by atoms with Gasteiger partial charge in [-0.2, -0.15) is 0 Å². The van der Waals surface area contributed by atoms with Crippen molar-refractivity contribution in [2.75, 3.05) is 12.3 Å². The standard InChI is InChI=1S/C28H30Cl2N2O2S/c1-2-16-31-28(34)26(17-21-8-4-3-5-9-21)32(18-22-12-14-24(29)15-13-22)27(33)20-35-19-23-10-6-7-11-25(23)30/h3-15,26H,2,16-20H2,1H3,(H,31,34)/t26-/m1/s1. The summed E-state index contributed by atoms with van der Waals surface area (Å²) in [5.74, 6) is 0.621. The van der Waals surface area contributed by atoms with Crippen molar-refractivity contribution < 1.29 is 9.59 Å². The highest BCUT2D eigenvalue weighted by Crippen LogP contribution is 2.23. The molecule has 1 N–H and O–H groups in total. The minimum atomic E-state index is -0.631. The lowest BCUT2D eigenvalue weighted by Gasteiger charge is -2.31. The van der Waals surface area contributed by atoms with Gasteiger partial charge in [-0.1, -0.05) is 90.8 Å². The molecule has 184 valence electrons. The molecule has 7 heteroatoms. The van der Waals surface area contributed by atoms with Crippen molar-refractivity contribution >= 4 is 46.8 Å². The number of carbonyl (C=O) groups excluding carboxylic acids is 2. The fourth-order valence-corrected chi connectivity index (χ4v) is 4.98. The summed E-state index contributed by atoms with van der Waals surface area (Å²) in [6.07, 6.45) is 1.26. The minimum Gasteiger partial charge on any atom is -0.354 e. The van der Waals surface area contributed by atoms with Crippen LogP contribution in [-0.4, -0.2) is 35.1 Å². The van der Waals surface area contributed by atoms with Crippen LogP contribution >= 0.6 is 35.0 Å². The van der Waals surface area contributed by atoms with Gasteiger partial charge in [0.15, 0.2) is 0 Å². The minimum absolute atomic E-state index is 0.0930. The third kappa shape index (κ3) is 8.60. The summed E-state index contributed by atoms with van der Waals surface area (Å²) >= 11 is 13.8. The van der Waals surface area contributed by atoms with Crippen LogP contribution in [0.4, 0.5) is 0 Å². The molecule has 0 saturated carbocycles. The van der Waals surface area contributed by atoms with E-state index in [9.17, 15) is 9.59 Å². The summed E-state index contributed by atoms with van der Waals surface area (Å²) in [7, 11) is 0. The SMILES string of the molecule is CCCNC(=O)[C@@H](Cc1ccccc1)N(Cc1ccc(Cl)cc1)C(=O)CSCc1ccccc1Cl. The maximum absolute atomic E-state index is 13.6. The molecule has 0 bridgehead atoms. The van der Waals surface area contributed by atoms with Crippen LogP contribution < -0.4 is 5.32 Å². The fraction of sp³-hybridized carbons (Fsp3) is 0.286. The molecule has 3 aromatic carbocycles. The first-order valence-electron chi connectivity index (χ1n) is 11.6. The molecule has 4 nitrogen and oxygen atoms in total. The van der Waals surface area contributed by atoms with Crippen LogP contribution in [0, 0.1) is 0 Å². The highest BCUT2D eigenvalue weighted by Gasteiger charge is 2.30. The zero-order valence-corrected chi connectivity index (χ0v) is 22.1. The number of nitrogens with one attached hydrogen (secondary N) is 1. The Morgan fingerprint density at radius 2 is 1.60 bits per heavy atom. The Labute approximate surface area is 222 Å². The van der Waals surface area contributed by atoms with E-state index in [0.717, 1.165) is 23.1 Å². The Balaban J connectivity index is 1.83. The summed E-state index contributed by atoms with van der Waals surface area (Å²) in [6, 6.07) is 24.2. The first-order chi connectivity index (χ1) is 17.0. The summed E-state index contributed by atoms with van der Waals surface area (Å²) in [4.78, 5) is 28.5. The number of nitrogens with zero attached hydrogens (tertiary/aromatic N) is 1. The Bertz CT molecular complexity index is 1090. The molecule has 0 fully saturated rings. The van der Waals surface area contributed by atoms with Gasteiger partial charge in [0.25, 0.3) is 0 Å². The second-order valence-electron chi connectivity index (χ2n) is 8.23. The van der Waals surface area contributed by atoms with Crippen molar-refractivity contribution in [1.29, 1.82) is 0 Å². The molecule has 0 unspecified atom stereocenters. The van der Waals surface area contributed by atoms with Crippen molar-refractivity contribution in [2.45, 2.75) is 38.1 Å². The van der Waals surface area contributed by atoms with Crippen LogP contribution in [0.3, 0.4) is 0 Å². The van der Waals surface area contributed by atoms with Gasteiger partial charge >= 0.3 is 0 Å². The smallest absolute Gasteiger partial charge is 0.243 e. The predicted molar refractivity (Wildman–Crippen MR) is 147 cm³/mol. The number of hydrogen-bond acceptors (Lipinski definition) is 3. The number of benzene rings is 3. The van der Waals surface area contributed by atoms with Gasteiger partial charge in [0, 0.05) is 35.3 Å². The number of amides is 2. The van der Waals surface area contributed by atoms with Crippen LogP contribution in [0.15, 0.2) is 78.9 Å². The Morgan fingerprint density at radius 3 is 2.29 bits per heavy atom. The average Bonchev–Trinajstić information content (AvgIpc) is 2.87. The van der Waals surface area contributed by atoms with Gasteiger partial charge in [-0.3, -0.25) is 9.59 Å². The van der Waals surface area contributed by atoms with Crippen LogP contribution in [0.1, 0.15) is 30.0 Å². The molecular weight excluding hydrogens is 499 g/mol. The van der Waals surface area contributed by atoms with E-state index in [1.54, 1.807) is 17.0 Å². The van der Waals surface area contributed by atoms with Gasteiger partial charge in [-0.15, -0.1) is 11.8 Å². The average molecular weight is 530 g/mol. The zero-order valence-electron chi connectivity index (χ0n) is 19.8. The summed E-state index contributed by atoms with van der Waals surface area (Å²) in [5.41, 5.74) is 2.90. The van der Waals surface area contributed by atoms with E-state index in [2.05, 4.69) is 5.32 Å². The lowest BCUT2D eigenvalue weighted by atomic mass is 10.0. The van der Waals surface area contributed by atoms with Gasteiger partial charge in [-0.25, -0.2) is 0 Å². The quantitative estimate of drug-likeness (QED) is 0.296. The molecule has 3 aromatic rings. The highest BCUT2D eigenvalue weighted by atomic mass is 35.5. The molecule has 0 aliphatic heterocycles. The lowest BCUT2D eigenvalue weighted by molar-refractivity contribution is -0.139. The zero-order chi connectivity index (χ0) is 25.0. The molecule has 0 saturated heterocycles. The number of rotatable bonds is 12. The molecule has 0 spiro atoms. The normalized spacial score (nSPS) is 11.6. The van der Waals surface area contributed by atoms with E-state index in [1.807, 2.05) is 73.7 Å². The molecule has 1 atom stereocenters. The van der Waals surface area contributed by atoms with Crippen molar-refractivity contribution in [3.05, 3.63) is 106 Å². The van der Waals surface area contributed by atoms with Gasteiger partial charge < -0.3 is 10.2 Å². The molecule has 0 heterocycles. The predicted octanol–water partition coefficient (Wildman–Crippen LogP) is 6.39. The molecule has 35 heavy (non-hydrogen) atoms. The van der Waals surface area contributed by atoms with Crippen molar-refractivity contribution in [1.82, 2.24) is 10.2 Å². The number of halogens is 2.